The molecule has 0 aromatic heterocycles. The summed E-state index contributed by atoms with van der Waals surface area (Å²) in [5.74, 6) is -1.22. The Morgan fingerprint density at radius 1 is 1.16 bits per heavy atom. The zero-order valence-corrected chi connectivity index (χ0v) is 16.2. The maximum atomic E-state index is 11.5. The van der Waals surface area contributed by atoms with Crippen LogP contribution in [-0.2, 0) is 25.3 Å². The molecule has 0 radical (unpaired) electrons. The van der Waals surface area contributed by atoms with E-state index in [1.165, 1.54) is 5.56 Å². The highest BCUT2D eigenvalue weighted by Crippen LogP contribution is 2.41. The number of ether oxygens (including phenoxy) is 1. The molecule has 2 unspecified atom stereocenters. The molecule has 1 N–H and O–H groups in total. The van der Waals surface area contributed by atoms with Crippen LogP contribution in [0.2, 0.25) is 0 Å². The molecule has 1 aromatic carbocycles. The van der Waals surface area contributed by atoms with Gasteiger partial charge in [-0.15, -0.1) is 0 Å². The number of hydrogen-bond donors (Lipinski definition) is 1. The number of carboxylic acids is 1. The Bertz CT molecular complexity index is 518. The highest BCUT2D eigenvalue weighted by atomic mass is 31.1. The van der Waals surface area contributed by atoms with Gasteiger partial charge >= 0.3 is 11.9 Å². The largest absolute Gasteiger partial charge is 0.481 e. The highest BCUT2D eigenvalue weighted by Gasteiger charge is 2.24. The van der Waals surface area contributed by atoms with Crippen LogP contribution in [0.4, 0.5) is 0 Å². The summed E-state index contributed by atoms with van der Waals surface area (Å²) in [6, 6.07) is 10.2. The van der Waals surface area contributed by atoms with Crippen LogP contribution < -0.4 is 0 Å². The number of benzene rings is 1. The van der Waals surface area contributed by atoms with Crippen molar-refractivity contribution in [3.05, 3.63) is 35.9 Å². The van der Waals surface area contributed by atoms with Crippen molar-refractivity contribution in [2.75, 3.05) is 12.3 Å². The third-order valence-corrected chi connectivity index (χ3v) is 5.56. The molecule has 140 valence electrons. The first-order valence-electron chi connectivity index (χ1n) is 8.79. The molecular formula is C19H29O5P. The van der Waals surface area contributed by atoms with Crippen LogP contribution >= 0.6 is 8.15 Å². The Morgan fingerprint density at radius 3 is 2.40 bits per heavy atom. The lowest BCUT2D eigenvalue weighted by Crippen LogP contribution is -2.26. The molecule has 0 aliphatic heterocycles. The third kappa shape index (κ3) is 9.57. The molecule has 0 aliphatic rings. The van der Waals surface area contributed by atoms with Crippen molar-refractivity contribution in [3.63, 3.8) is 0 Å². The standard InChI is InChI=1S/C19H29O5P/c1-4-18(22)23-19(15(2)3)24-25(14-17(20)21)13-9-8-12-16-10-6-5-7-11-16/h5-7,10-11,15,19H,4,8-9,12-14H2,1-3H3,(H,20,21). The molecule has 2 atom stereocenters. The van der Waals surface area contributed by atoms with Crippen LogP contribution in [0, 0.1) is 5.92 Å². The predicted octanol–water partition coefficient (Wildman–Crippen LogP) is 4.44. The van der Waals surface area contributed by atoms with Crippen molar-refractivity contribution in [2.24, 2.45) is 5.92 Å². The monoisotopic (exact) mass is 368 g/mol. The molecule has 6 heteroatoms. The number of hydrogen-bond acceptors (Lipinski definition) is 4. The van der Waals surface area contributed by atoms with Gasteiger partial charge in [0.15, 0.2) is 0 Å². The molecule has 0 aliphatic carbocycles. The van der Waals surface area contributed by atoms with Gasteiger partial charge in [0.2, 0.25) is 6.29 Å². The smallest absolute Gasteiger partial charge is 0.310 e. The molecule has 1 rings (SSSR count). The number of aliphatic carboxylic acids is 1. The van der Waals surface area contributed by atoms with Crippen LogP contribution in [0.3, 0.4) is 0 Å². The maximum Gasteiger partial charge on any atom is 0.310 e. The fourth-order valence-electron chi connectivity index (χ4n) is 2.22. The number of unbranched alkanes of at least 4 members (excludes halogenated alkanes) is 1. The van der Waals surface area contributed by atoms with Crippen LogP contribution in [0.25, 0.3) is 0 Å². The van der Waals surface area contributed by atoms with Crippen LogP contribution in [0.5, 0.6) is 0 Å². The first-order chi connectivity index (χ1) is 11.9. The number of carbonyl (C=O) groups is 2. The van der Waals surface area contributed by atoms with Crippen molar-refractivity contribution in [1.82, 2.24) is 0 Å². The molecular weight excluding hydrogens is 339 g/mol. The maximum absolute atomic E-state index is 11.5. The third-order valence-electron chi connectivity index (χ3n) is 3.61. The van der Waals surface area contributed by atoms with Gasteiger partial charge in [-0.05, 0) is 31.0 Å². The molecule has 0 amide bonds. The number of carbonyl (C=O) groups excluding carboxylic acids is 1. The number of esters is 1. The van der Waals surface area contributed by atoms with Gasteiger partial charge in [-0.2, -0.15) is 0 Å². The van der Waals surface area contributed by atoms with Gasteiger partial charge in [0.25, 0.3) is 0 Å². The number of carboxylic acid groups (broad SMARTS) is 1. The van der Waals surface area contributed by atoms with E-state index in [9.17, 15) is 9.59 Å². The zero-order valence-electron chi connectivity index (χ0n) is 15.3. The number of rotatable bonds is 12. The van der Waals surface area contributed by atoms with E-state index in [2.05, 4.69) is 12.1 Å². The fourth-order valence-corrected chi connectivity index (χ4v) is 4.02. The summed E-state index contributed by atoms with van der Waals surface area (Å²) >= 11 is 0. The van der Waals surface area contributed by atoms with E-state index in [0.717, 1.165) is 19.3 Å². The molecule has 0 bridgehead atoms. The SMILES string of the molecule is CCC(=O)OC(OP(CCCCc1ccccc1)CC(=O)O)C(C)C. The Labute approximate surface area is 151 Å². The van der Waals surface area contributed by atoms with Gasteiger partial charge in [-0.1, -0.05) is 51.1 Å². The minimum absolute atomic E-state index is 0.0152. The van der Waals surface area contributed by atoms with E-state index < -0.39 is 20.4 Å². The van der Waals surface area contributed by atoms with Gasteiger partial charge in [0.1, 0.15) is 0 Å². The summed E-state index contributed by atoms with van der Waals surface area (Å²) in [5, 5.41) is 9.13. The lowest BCUT2D eigenvalue weighted by Gasteiger charge is -2.26. The van der Waals surface area contributed by atoms with Crippen LogP contribution in [-0.4, -0.2) is 35.7 Å². The van der Waals surface area contributed by atoms with Crippen molar-refractivity contribution < 1.29 is 24.0 Å². The fraction of sp³-hybridized carbons (Fsp3) is 0.579. The summed E-state index contributed by atoms with van der Waals surface area (Å²) in [4.78, 5) is 22.7. The molecule has 0 saturated carbocycles. The van der Waals surface area contributed by atoms with E-state index in [1.807, 2.05) is 32.0 Å². The molecule has 25 heavy (non-hydrogen) atoms. The Hall–Kier alpha value is -1.45. The van der Waals surface area contributed by atoms with E-state index in [1.54, 1.807) is 6.92 Å². The summed E-state index contributed by atoms with van der Waals surface area (Å²) in [6.45, 7) is 5.53. The van der Waals surface area contributed by atoms with Gasteiger partial charge < -0.3 is 14.4 Å². The number of aryl methyl sites for hydroxylation is 1. The molecule has 0 fully saturated rings. The summed E-state index contributed by atoms with van der Waals surface area (Å²) < 4.78 is 11.2. The Kier molecular flexibility index (Phi) is 10.4. The average Bonchev–Trinajstić information content (AvgIpc) is 2.58. The van der Waals surface area contributed by atoms with Crippen molar-refractivity contribution in [3.8, 4) is 0 Å². The van der Waals surface area contributed by atoms with Gasteiger partial charge in [0, 0.05) is 20.5 Å². The summed E-state index contributed by atoms with van der Waals surface area (Å²) in [6.07, 6.45) is 3.12. The molecule has 5 nitrogen and oxygen atoms in total. The minimum Gasteiger partial charge on any atom is -0.481 e. The van der Waals surface area contributed by atoms with E-state index in [4.69, 9.17) is 14.4 Å². The average molecular weight is 368 g/mol. The van der Waals surface area contributed by atoms with Crippen LogP contribution in [0.1, 0.15) is 45.6 Å². The Balaban J connectivity index is 2.50. The van der Waals surface area contributed by atoms with E-state index >= 15 is 0 Å². The minimum atomic E-state index is -1.16. The zero-order chi connectivity index (χ0) is 18.7. The summed E-state index contributed by atoms with van der Waals surface area (Å²) in [5.41, 5.74) is 1.28. The summed E-state index contributed by atoms with van der Waals surface area (Å²) in [7, 11) is -1.16. The topological polar surface area (TPSA) is 72.8 Å². The predicted molar refractivity (Wildman–Crippen MR) is 99.8 cm³/mol. The quantitative estimate of drug-likeness (QED) is 0.255. The van der Waals surface area contributed by atoms with E-state index in [0.29, 0.717) is 6.16 Å². The van der Waals surface area contributed by atoms with Gasteiger partial charge in [-0.25, -0.2) is 0 Å². The van der Waals surface area contributed by atoms with Gasteiger partial charge in [-0.3, -0.25) is 9.59 Å². The Morgan fingerprint density at radius 2 is 1.84 bits per heavy atom. The van der Waals surface area contributed by atoms with Crippen molar-refractivity contribution in [1.29, 1.82) is 0 Å². The van der Waals surface area contributed by atoms with Crippen molar-refractivity contribution >= 4 is 20.1 Å². The molecule has 1 aromatic rings. The van der Waals surface area contributed by atoms with Crippen LogP contribution in [0.15, 0.2) is 30.3 Å². The molecule has 0 heterocycles. The first-order valence-corrected chi connectivity index (χ1v) is 10.4. The molecule has 0 spiro atoms. The van der Waals surface area contributed by atoms with Gasteiger partial charge in [0.05, 0.1) is 6.16 Å². The first kappa shape index (κ1) is 21.6. The second-order valence-corrected chi connectivity index (χ2v) is 8.20. The second kappa shape index (κ2) is 12.0. The lowest BCUT2D eigenvalue weighted by molar-refractivity contribution is -0.168. The molecule has 0 saturated heterocycles. The highest BCUT2D eigenvalue weighted by molar-refractivity contribution is 7.53. The second-order valence-electron chi connectivity index (χ2n) is 6.26. The lowest BCUT2D eigenvalue weighted by atomic mass is 10.1. The normalized spacial score (nSPS) is 13.4. The van der Waals surface area contributed by atoms with E-state index in [-0.39, 0.29) is 24.5 Å². The van der Waals surface area contributed by atoms with Crippen molar-refractivity contribution in [2.45, 2.75) is 52.7 Å².